The topological polar surface area (TPSA) is 34.1 Å². The van der Waals surface area contributed by atoms with Gasteiger partial charge in [-0.2, -0.15) is 0 Å². The van der Waals surface area contributed by atoms with Gasteiger partial charge < -0.3 is 0 Å². The van der Waals surface area contributed by atoms with Crippen LogP contribution in [0.3, 0.4) is 0 Å². The van der Waals surface area contributed by atoms with Gasteiger partial charge in [0.25, 0.3) is 0 Å². The average Bonchev–Trinajstić information content (AvgIpc) is 2.04. The van der Waals surface area contributed by atoms with Gasteiger partial charge in [0.2, 0.25) is 0 Å². The normalized spacial score (nSPS) is 12.9. The lowest BCUT2D eigenvalue weighted by atomic mass is 10.2. The summed E-state index contributed by atoms with van der Waals surface area (Å²) in [5.41, 5.74) is 0.908. The summed E-state index contributed by atoms with van der Waals surface area (Å²) in [6.45, 7) is 1.60. The molecule has 0 saturated heterocycles. The maximum absolute atomic E-state index is 11.1. The van der Waals surface area contributed by atoms with Crippen molar-refractivity contribution >= 4 is 15.9 Å². The van der Waals surface area contributed by atoms with Crippen molar-refractivity contribution in [2.45, 2.75) is 6.92 Å². The smallest absolute Gasteiger partial charge is 0.171 e. The van der Waals surface area contributed by atoms with E-state index in [4.69, 9.17) is 0 Å². The molecule has 3 heteroatoms. The maximum Gasteiger partial charge on any atom is 0.171 e. The molecular weight excluding hydrogens is 184 g/mol. The molecular formula is C10H12O2S. The highest BCUT2D eigenvalue weighted by molar-refractivity contribution is 7.94. The lowest BCUT2D eigenvalue weighted by Gasteiger charge is -1.97. The average molecular weight is 196 g/mol. The van der Waals surface area contributed by atoms with Gasteiger partial charge in [0, 0.05) is 11.2 Å². The third-order valence-corrected chi connectivity index (χ3v) is 3.04. The van der Waals surface area contributed by atoms with Crippen molar-refractivity contribution in [2.75, 3.05) is 6.26 Å². The molecule has 2 nitrogen and oxygen atoms in total. The van der Waals surface area contributed by atoms with E-state index in [1.54, 1.807) is 13.0 Å². The van der Waals surface area contributed by atoms with Gasteiger partial charge in [-0.3, -0.25) is 0 Å². The number of sulfone groups is 1. The second-order valence-electron chi connectivity index (χ2n) is 2.94. The minimum atomic E-state index is -3.04. The Morgan fingerprint density at radius 1 is 1.23 bits per heavy atom. The molecule has 1 aromatic carbocycles. The van der Waals surface area contributed by atoms with E-state index in [2.05, 4.69) is 0 Å². The number of benzene rings is 1. The first-order valence-corrected chi connectivity index (χ1v) is 5.83. The quantitative estimate of drug-likeness (QED) is 0.725. The second kappa shape index (κ2) is 3.75. The van der Waals surface area contributed by atoms with Crippen LogP contribution in [0.5, 0.6) is 0 Å². The Bertz CT molecular complexity index is 402. The number of hydrogen-bond acceptors (Lipinski definition) is 2. The predicted molar refractivity (Wildman–Crippen MR) is 54.9 cm³/mol. The van der Waals surface area contributed by atoms with Crippen molar-refractivity contribution in [3.63, 3.8) is 0 Å². The van der Waals surface area contributed by atoms with Crippen LogP contribution in [-0.2, 0) is 9.84 Å². The molecule has 1 aromatic rings. The molecule has 0 heterocycles. The molecule has 0 fully saturated rings. The van der Waals surface area contributed by atoms with Crippen molar-refractivity contribution in [3.8, 4) is 0 Å². The maximum atomic E-state index is 11.1. The fourth-order valence-corrected chi connectivity index (χ4v) is 1.24. The van der Waals surface area contributed by atoms with Crippen LogP contribution in [0.4, 0.5) is 0 Å². The molecule has 0 aliphatic carbocycles. The SMILES string of the molecule is C/C(=C/c1ccccc1)S(C)(=O)=O. The van der Waals surface area contributed by atoms with Crippen LogP contribution in [-0.4, -0.2) is 14.7 Å². The van der Waals surface area contributed by atoms with Crippen molar-refractivity contribution in [1.82, 2.24) is 0 Å². The lowest BCUT2D eigenvalue weighted by molar-refractivity contribution is 0.608. The molecule has 0 bridgehead atoms. The fourth-order valence-electron chi connectivity index (χ4n) is 0.891. The van der Waals surface area contributed by atoms with Crippen molar-refractivity contribution in [3.05, 3.63) is 40.8 Å². The van der Waals surface area contributed by atoms with E-state index in [9.17, 15) is 8.42 Å². The van der Waals surface area contributed by atoms with Gasteiger partial charge in [0.15, 0.2) is 9.84 Å². The summed E-state index contributed by atoms with van der Waals surface area (Å²) in [4.78, 5) is 0.388. The largest absolute Gasteiger partial charge is 0.224 e. The fraction of sp³-hybridized carbons (Fsp3) is 0.200. The lowest BCUT2D eigenvalue weighted by Crippen LogP contribution is -1.96. The zero-order chi connectivity index (χ0) is 9.90. The van der Waals surface area contributed by atoms with Gasteiger partial charge in [0.05, 0.1) is 0 Å². The standard InChI is InChI=1S/C10H12O2S/c1-9(13(2,11)12)8-10-6-4-3-5-7-10/h3-8H,1-2H3/b9-8-. The Balaban J connectivity index is 3.04. The monoisotopic (exact) mass is 196 g/mol. The first-order valence-electron chi connectivity index (χ1n) is 3.93. The zero-order valence-electron chi connectivity index (χ0n) is 7.69. The summed E-state index contributed by atoms with van der Waals surface area (Å²) < 4.78 is 22.1. The molecule has 0 N–H and O–H groups in total. The Morgan fingerprint density at radius 3 is 2.23 bits per heavy atom. The van der Waals surface area contributed by atoms with E-state index in [0.717, 1.165) is 5.56 Å². The summed E-state index contributed by atoms with van der Waals surface area (Å²) in [6, 6.07) is 9.39. The van der Waals surface area contributed by atoms with Crippen LogP contribution in [0.15, 0.2) is 35.2 Å². The molecule has 0 aromatic heterocycles. The van der Waals surface area contributed by atoms with Gasteiger partial charge in [-0.05, 0) is 18.6 Å². The van der Waals surface area contributed by atoms with Gasteiger partial charge >= 0.3 is 0 Å². The summed E-state index contributed by atoms with van der Waals surface area (Å²) in [5.74, 6) is 0. The summed E-state index contributed by atoms with van der Waals surface area (Å²) in [7, 11) is -3.04. The molecule has 70 valence electrons. The third-order valence-electron chi connectivity index (χ3n) is 1.75. The minimum Gasteiger partial charge on any atom is -0.224 e. The molecule has 0 spiro atoms. The van der Waals surface area contributed by atoms with Crippen molar-refractivity contribution < 1.29 is 8.42 Å². The van der Waals surface area contributed by atoms with E-state index in [1.807, 2.05) is 30.3 Å². The van der Waals surface area contributed by atoms with Gasteiger partial charge in [-0.15, -0.1) is 0 Å². The van der Waals surface area contributed by atoms with Crippen LogP contribution in [0.1, 0.15) is 12.5 Å². The van der Waals surface area contributed by atoms with E-state index in [1.165, 1.54) is 6.26 Å². The molecule has 0 amide bonds. The van der Waals surface area contributed by atoms with E-state index in [-0.39, 0.29) is 0 Å². The Labute approximate surface area is 78.8 Å². The van der Waals surface area contributed by atoms with E-state index >= 15 is 0 Å². The Kier molecular flexibility index (Phi) is 2.88. The molecule has 0 aliphatic heterocycles. The summed E-state index contributed by atoms with van der Waals surface area (Å²) >= 11 is 0. The number of rotatable bonds is 2. The molecule has 0 saturated carbocycles. The first-order chi connectivity index (χ1) is 6.00. The highest BCUT2D eigenvalue weighted by Crippen LogP contribution is 2.09. The highest BCUT2D eigenvalue weighted by atomic mass is 32.2. The van der Waals surface area contributed by atoms with Gasteiger partial charge in [-0.25, -0.2) is 8.42 Å². The molecule has 0 radical (unpaired) electrons. The van der Waals surface area contributed by atoms with E-state index in [0.29, 0.717) is 4.91 Å². The van der Waals surface area contributed by atoms with Gasteiger partial charge in [0.1, 0.15) is 0 Å². The summed E-state index contributed by atoms with van der Waals surface area (Å²) in [6.07, 6.45) is 2.87. The second-order valence-corrected chi connectivity index (χ2v) is 5.13. The van der Waals surface area contributed by atoms with Gasteiger partial charge in [-0.1, -0.05) is 30.3 Å². The molecule has 1 rings (SSSR count). The third kappa shape index (κ3) is 3.03. The molecule has 0 unspecified atom stereocenters. The van der Waals surface area contributed by atoms with Crippen LogP contribution >= 0.6 is 0 Å². The van der Waals surface area contributed by atoms with Crippen LogP contribution in [0, 0.1) is 0 Å². The Hall–Kier alpha value is -1.09. The van der Waals surface area contributed by atoms with Crippen molar-refractivity contribution in [2.24, 2.45) is 0 Å². The highest BCUT2D eigenvalue weighted by Gasteiger charge is 2.03. The van der Waals surface area contributed by atoms with Crippen LogP contribution < -0.4 is 0 Å². The number of allylic oxidation sites excluding steroid dienone is 1. The van der Waals surface area contributed by atoms with Crippen molar-refractivity contribution in [1.29, 1.82) is 0 Å². The van der Waals surface area contributed by atoms with Crippen LogP contribution in [0.25, 0.3) is 6.08 Å². The predicted octanol–water partition coefficient (Wildman–Crippen LogP) is 2.09. The molecule has 0 atom stereocenters. The Morgan fingerprint density at radius 2 is 1.77 bits per heavy atom. The zero-order valence-corrected chi connectivity index (χ0v) is 8.51. The molecule has 0 aliphatic rings. The van der Waals surface area contributed by atoms with E-state index < -0.39 is 9.84 Å². The number of hydrogen-bond donors (Lipinski definition) is 0. The van der Waals surface area contributed by atoms with Crippen LogP contribution in [0.2, 0.25) is 0 Å². The summed E-state index contributed by atoms with van der Waals surface area (Å²) in [5, 5.41) is 0. The first kappa shape index (κ1) is 9.99. The molecule has 13 heavy (non-hydrogen) atoms. The minimum absolute atomic E-state index is 0.388.